The molecule has 16 heavy (non-hydrogen) atoms. The van der Waals surface area contributed by atoms with Crippen molar-refractivity contribution < 1.29 is 19.5 Å². The van der Waals surface area contributed by atoms with Gasteiger partial charge in [0.25, 0.3) is 0 Å². The first-order chi connectivity index (χ1) is 7.52. The Labute approximate surface area is 93.4 Å². The lowest BCUT2D eigenvalue weighted by Crippen LogP contribution is -2.40. The number of carbonyl (C=O) groups is 3. The molecule has 6 nitrogen and oxygen atoms in total. The molecule has 6 heteroatoms. The van der Waals surface area contributed by atoms with E-state index in [0.29, 0.717) is 13.0 Å². The van der Waals surface area contributed by atoms with Gasteiger partial charge in [0, 0.05) is 19.0 Å². The van der Waals surface area contributed by atoms with E-state index in [2.05, 4.69) is 10.6 Å². The van der Waals surface area contributed by atoms with E-state index in [0.717, 1.165) is 0 Å². The minimum Gasteiger partial charge on any atom is -0.481 e. The Morgan fingerprint density at radius 1 is 1.62 bits per heavy atom. The van der Waals surface area contributed by atoms with Crippen LogP contribution in [0.5, 0.6) is 0 Å². The number of carboxylic acid groups (broad SMARTS) is 1. The Morgan fingerprint density at radius 3 is 2.75 bits per heavy atom. The van der Waals surface area contributed by atoms with Crippen LogP contribution >= 0.6 is 0 Å². The van der Waals surface area contributed by atoms with Crippen molar-refractivity contribution in [2.45, 2.75) is 32.2 Å². The highest BCUT2D eigenvalue weighted by molar-refractivity contribution is 5.89. The minimum absolute atomic E-state index is 0.0870. The van der Waals surface area contributed by atoms with Crippen LogP contribution in [0, 0.1) is 5.92 Å². The molecule has 1 fully saturated rings. The predicted molar refractivity (Wildman–Crippen MR) is 55.6 cm³/mol. The molecule has 0 aromatic heterocycles. The summed E-state index contributed by atoms with van der Waals surface area (Å²) in [4.78, 5) is 33.1. The van der Waals surface area contributed by atoms with Crippen molar-refractivity contribution in [3.8, 4) is 0 Å². The Kier molecular flexibility index (Phi) is 4.28. The molecule has 1 aliphatic heterocycles. The zero-order valence-electron chi connectivity index (χ0n) is 9.16. The maximum absolute atomic E-state index is 11.6. The lowest BCUT2D eigenvalue weighted by atomic mass is 10.1. The minimum atomic E-state index is -0.937. The van der Waals surface area contributed by atoms with Gasteiger partial charge in [-0.1, -0.05) is 6.92 Å². The largest absolute Gasteiger partial charge is 0.481 e. The lowest BCUT2D eigenvalue weighted by molar-refractivity contribution is -0.138. The molecule has 3 N–H and O–H groups in total. The molecule has 0 aromatic carbocycles. The van der Waals surface area contributed by atoms with Crippen LogP contribution < -0.4 is 10.6 Å². The second-order valence-electron chi connectivity index (χ2n) is 3.92. The van der Waals surface area contributed by atoms with Crippen molar-refractivity contribution in [2.75, 3.05) is 6.54 Å². The van der Waals surface area contributed by atoms with Gasteiger partial charge in [-0.05, 0) is 6.42 Å². The first-order valence-corrected chi connectivity index (χ1v) is 5.31. The van der Waals surface area contributed by atoms with Crippen LogP contribution in [-0.2, 0) is 14.4 Å². The number of rotatable bonds is 5. The summed E-state index contributed by atoms with van der Waals surface area (Å²) in [6.07, 6.45) is 0.664. The number of carbonyl (C=O) groups excluding carboxylic acids is 2. The predicted octanol–water partition coefficient (Wildman–Crippen LogP) is -0.508. The van der Waals surface area contributed by atoms with Crippen molar-refractivity contribution in [1.29, 1.82) is 0 Å². The van der Waals surface area contributed by atoms with E-state index in [1.54, 1.807) is 0 Å². The standard InChI is InChI=1S/C10H16N2O4/c1-2-7(4-9(14)15)12-10(16)6-3-8(13)11-5-6/h6-7H,2-5H2,1H3,(H,11,13)(H,12,16)(H,14,15). The maximum Gasteiger partial charge on any atom is 0.305 e. The molecule has 1 saturated heterocycles. The van der Waals surface area contributed by atoms with Crippen molar-refractivity contribution in [3.63, 3.8) is 0 Å². The van der Waals surface area contributed by atoms with Gasteiger partial charge < -0.3 is 15.7 Å². The molecule has 90 valence electrons. The van der Waals surface area contributed by atoms with Crippen molar-refractivity contribution in [2.24, 2.45) is 5.92 Å². The summed E-state index contributed by atoms with van der Waals surface area (Å²) in [5.74, 6) is -1.68. The number of carboxylic acids is 1. The molecule has 0 aromatic rings. The first-order valence-electron chi connectivity index (χ1n) is 5.31. The average Bonchev–Trinajstić information content (AvgIpc) is 2.63. The van der Waals surface area contributed by atoms with E-state index in [1.807, 2.05) is 6.92 Å². The van der Waals surface area contributed by atoms with Crippen LogP contribution in [-0.4, -0.2) is 35.5 Å². The molecule has 0 saturated carbocycles. The monoisotopic (exact) mass is 228 g/mol. The van der Waals surface area contributed by atoms with Crippen LogP contribution in [0.1, 0.15) is 26.2 Å². The van der Waals surface area contributed by atoms with Gasteiger partial charge in [-0.3, -0.25) is 14.4 Å². The molecule has 2 unspecified atom stereocenters. The van der Waals surface area contributed by atoms with Gasteiger partial charge >= 0.3 is 5.97 Å². The van der Waals surface area contributed by atoms with E-state index in [-0.39, 0.29) is 36.6 Å². The Bertz CT molecular complexity index is 303. The van der Waals surface area contributed by atoms with Crippen LogP contribution in [0.15, 0.2) is 0 Å². The second-order valence-corrected chi connectivity index (χ2v) is 3.92. The molecular weight excluding hydrogens is 212 g/mol. The van der Waals surface area contributed by atoms with E-state index in [9.17, 15) is 14.4 Å². The third kappa shape index (κ3) is 3.52. The number of amides is 2. The van der Waals surface area contributed by atoms with Crippen LogP contribution in [0.2, 0.25) is 0 Å². The fourth-order valence-electron chi connectivity index (χ4n) is 1.62. The fraction of sp³-hybridized carbons (Fsp3) is 0.700. The molecule has 1 heterocycles. The number of aliphatic carboxylic acids is 1. The summed E-state index contributed by atoms with van der Waals surface area (Å²) < 4.78 is 0. The molecule has 0 aliphatic carbocycles. The first kappa shape index (κ1) is 12.5. The smallest absolute Gasteiger partial charge is 0.305 e. The SMILES string of the molecule is CCC(CC(=O)O)NC(=O)C1CNC(=O)C1. The summed E-state index contributed by atoms with van der Waals surface area (Å²) in [6, 6.07) is -0.360. The fourth-order valence-corrected chi connectivity index (χ4v) is 1.62. The van der Waals surface area contributed by atoms with Crippen LogP contribution in [0.4, 0.5) is 0 Å². The third-order valence-corrected chi connectivity index (χ3v) is 2.61. The molecular formula is C10H16N2O4. The van der Waals surface area contributed by atoms with Crippen molar-refractivity contribution in [3.05, 3.63) is 0 Å². The maximum atomic E-state index is 11.6. The zero-order chi connectivity index (χ0) is 12.1. The van der Waals surface area contributed by atoms with Crippen LogP contribution in [0.3, 0.4) is 0 Å². The van der Waals surface area contributed by atoms with Crippen molar-refractivity contribution in [1.82, 2.24) is 10.6 Å². The molecule has 1 rings (SSSR count). The molecule has 2 atom stereocenters. The Hall–Kier alpha value is -1.59. The summed E-state index contributed by atoms with van der Waals surface area (Å²) in [6.45, 7) is 2.15. The third-order valence-electron chi connectivity index (χ3n) is 2.61. The second kappa shape index (κ2) is 5.48. The van der Waals surface area contributed by atoms with Gasteiger partial charge in [-0.2, -0.15) is 0 Å². The van der Waals surface area contributed by atoms with Gasteiger partial charge in [-0.25, -0.2) is 0 Å². The molecule has 0 radical (unpaired) electrons. The summed E-state index contributed by atoms with van der Waals surface area (Å²) in [5, 5.41) is 13.8. The van der Waals surface area contributed by atoms with E-state index >= 15 is 0 Å². The zero-order valence-corrected chi connectivity index (χ0v) is 9.16. The number of nitrogens with one attached hydrogen (secondary N) is 2. The highest BCUT2D eigenvalue weighted by atomic mass is 16.4. The highest BCUT2D eigenvalue weighted by Gasteiger charge is 2.29. The number of hydrogen-bond acceptors (Lipinski definition) is 3. The van der Waals surface area contributed by atoms with Crippen molar-refractivity contribution >= 4 is 17.8 Å². The summed E-state index contributed by atoms with van der Waals surface area (Å²) in [7, 11) is 0. The Balaban J connectivity index is 2.42. The molecule has 0 spiro atoms. The Morgan fingerprint density at radius 2 is 2.31 bits per heavy atom. The summed E-state index contributed by atoms with van der Waals surface area (Å²) in [5.41, 5.74) is 0. The van der Waals surface area contributed by atoms with E-state index in [1.165, 1.54) is 0 Å². The summed E-state index contributed by atoms with van der Waals surface area (Å²) >= 11 is 0. The quantitative estimate of drug-likeness (QED) is 0.590. The van der Waals surface area contributed by atoms with Gasteiger partial charge in [0.15, 0.2) is 0 Å². The lowest BCUT2D eigenvalue weighted by Gasteiger charge is -2.16. The van der Waals surface area contributed by atoms with Gasteiger partial charge in [0.05, 0.1) is 12.3 Å². The van der Waals surface area contributed by atoms with E-state index in [4.69, 9.17) is 5.11 Å². The van der Waals surface area contributed by atoms with Gasteiger partial charge in [0.2, 0.25) is 11.8 Å². The average molecular weight is 228 g/mol. The molecule has 2 amide bonds. The topological polar surface area (TPSA) is 95.5 Å². The van der Waals surface area contributed by atoms with E-state index < -0.39 is 5.97 Å². The molecule has 1 aliphatic rings. The normalized spacial score (nSPS) is 21.3. The van der Waals surface area contributed by atoms with Crippen LogP contribution in [0.25, 0.3) is 0 Å². The van der Waals surface area contributed by atoms with Gasteiger partial charge in [-0.15, -0.1) is 0 Å². The molecule has 0 bridgehead atoms. The highest BCUT2D eigenvalue weighted by Crippen LogP contribution is 2.10. The number of hydrogen-bond donors (Lipinski definition) is 3. The van der Waals surface area contributed by atoms with Gasteiger partial charge in [0.1, 0.15) is 0 Å².